The molecule has 0 radical (unpaired) electrons. The average molecular weight is 1870 g/mol. The van der Waals surface area contributed by atoms with E-state index in [0.29, 0.717) is 0 Å². The average Bonchev–Trinajstić information content (AvgIpc) is 1.02. The van der Waals surface area contributed by atoms with Gasteiger partial charge in [-0.1, -0.05) is 114 Å². The van der Waals surface area contributed by atoms with Crippen LogP contribution in [0.1, 0.15) is 398 Å². The van der Waals surface area contributed by atoms with Crippen molar-refractivity contribution in [2.75, 3.05) is 19.6 Å². The van der Waals surface area contributed by atoms with E-state index in [4.69, 9.17) is 0 Å². The van der Waals surface area contributed by atoms with E-state index >= 15 is 0 Å². The Kier molecular flexibility index (Phi) is 48.7. The van der Waals surface area contributed by atoms with E-state index in [0.717, 1.165) is 25.6 Å². The Morgan fingerprint density at radius 2 is 0.510 bits per heavy atom. The van der Waals surface area contributed by atoms with E-state index < -0.39 is 0 Å². The monoisotopic (exact) mass is 1870 g/mol. The van der Waals surface area contributed by atoms with Crippen LogP contribution in [0.5, 0.6) is 0 Å². The Morgan fingerprint density at radius 3 is 0.667 bits per heavy atom. The molecule has 10 heteroatoms. The third-order valence-corrected chi connectivity index (χ3v) is 47.7. The number of rotatable bonds is 14. The van der Waals surface area contributed by atoms with Gasteiger partial charge >= 0.3 is 0 Å². The van der Waals surface area contributed by atoms with Gasteiger partial charge in [0.15, 0.2) is 0 Å². The van der Waals surface area contributed by atoms with Crippen LogP contribution in [0.15, 0.2) is 71.1 Å². The fourth-order valence-electron chi connectivity index (χ4n) is 23.4. The molecule has 16 rings (SSSR count). The molecule has 102 heavy (non-hydrogen) atoms. The second-order valence-corrected chi connectivity index (χ2v) is 50.5. The molecule has 1 saturated heterocycles. The van der Waals surface area contributed by atoms with Crippen LogP contribution in [-0.4, -0.2) is 87.5 Å². The minimum Gasteiger partial charge on any atom is -0.687 e. The van der Waals surface area contributed by atoms with E-state index in [1.54, 1.807) is 408 Å². The van der Waals surface area contributed by atoms with Crippen LogP contribution in [0.25, 0.3) is 10.6 Å². The van der Waals surface area contributed by atoms with Gasteiger partial charge in [-0.3, -0.25) is 0 Å². The first kappa shape index (κ1) is 89.0. The summed E-state index contributed by atoms with van der Waals surface area (Å²) in [7, 11) is -0.186. The van der Waals surface area contributed by atoms with Gasteiger partial charge in [-0.25, -0.2) is 12.1 Å². The van der Waals surface area contributed by atoms with Gasteiger partial charge in [0.05, 0.1) is 67.9 Å². The zero-order valence-electron chi connectivity index (χ0n) is 65.7. The van der Waals surface area contributed by atoms with Crippen LogP contribution in [0.4, 0.5) is 0 Å². The van der Waals surface area contributed by atoms with Crippen LogP contribution in [0.2, 0.25) is 0 Å². The van der Waals surface area contributed by atoms with Gasteiger partial charge in [-0.2, -0.15) is 29.1 Å². The van der Waals surface area contributed by atoms with Crippen molar-refractivity contribution < 1.29 is 42.1 Å². The summed E-state index contributed by atoms with van der Waals surface area (Å²) in [6.45, 7) is 2.91. The van der Waals surface area contributed by atoms with Gasteiger partial charge < -0.3 is 33.3 Å². The Balaban J connectivity index is 0.000000156. The molecular weight excluding hydrogens is 1710 g/mol. The zero-order chi connectivity index (χ0) is 68.4. The quantitative estimate of drug-likeness (QED) is 0.133. The second-order valence-electron chi connectivity index (χ2n) is 35.2. The number of nitrogens with zero attached hydrogens (tertiary/aromatic N) is 2. The van der Waals surface area contributed by atoms with Crippen LogP contribution < -0.4 is 0 Å². The molecule has 12 aliphatic carbocycles. The van der Waals surface area contributed by atoms with Crippen molar-refractivity contribution in [2.24, 2.45) is 5.92 Å². The number of allylic oxidation sites excluding steroid dienone is 4. The maximum atomic E-state index is 4.34. The number of piperidine rings is 1. The molecule has 2 nitrogen and oxygen atoms in total. The van der Waals surface area contributed by atoms with Crippen molar-refractivity contribution >= 4 is 54.4 Å². The normalized spacial score (nSPS) is 25.5. The largest absolute Gasteiger partial charge is 0.687 e. The summed E-state index contributed by atoms with van der Waals surface area (Å²) in [6.07, 6.45) is 108. The first-order valence-corrected chi connectivity index (χ1v) is 54.0. The van der Waals surface area contributed by atoms with Crippen LogP contribution in [-0.2, 0) is 42.1 Å². The molecule has 2 aromatic rings. The molecule has 13 fully saturated rings. The Bertz CT molecular complexity index is 1860. The molecule has 0 bridgehead atoms. The molecule has 2 aliphatic heterocycles. The third kappa shape index (κ3) is 32.9. The summed E-state index contributed by atoms with van der Waals surface area (Å²) in [5.74, 6) is 0.737. The van der Waals surface area contributed by atoms with Gasteiger partial charge in [0, 0.05) is 73.8 Å². The zero-order valence-corrected chi connectivity index (χ0v) is 75.8. The van der Waals surface area contributed by atoms with E-state index in [9.17, 15) is 0 Å². The first-order chi connectivity index (χ1) is 49.7. The molecule has 0 atom stereocenters. The van der Waals surface area contributed by atoms with E-state index in [2.05, 4.69) is 45.7 Å². The molecule has 4 heterocycles. The van der Waals surface area contributed by atoms with Crippen molar-refractivity contribution in [1.82, 2.24) is 0 Å². The Hall–Kier alpha value is 1.48. The standard InChI is InChI=1S/4C18H33P.C12H16N2.2C4H3S.2Pt/c4*1-4-10-16(11-5-1)19(17-12-6-2-7-13-17)18-14-8-3-9-15-18;1(11-3-7-13-8-4-11)2-12-5-9-14-10-6-12;2*1-2-4-5-3-1;;/h4*16-18H,1-15H2;1-4,7,12H,5-6,8-10H2;2*1-3H;;/q;;;;-2;2*-1;;/p+4. The molecule has 0 N–H and O–H groups in total. The molecule has 14 aliphatic rings. The molecule has 588 valence electrons. The van der Waals surface area contributed by atoms with Gasteiger partial charge in [0.25, 0.3) is 0 Å². The summed E-state index contributed by atoms with van der Waals surface area (Å²) in [5, 5.41) is 18.2. The van der Waals surface area contributed by atoms with Crippen molar-refractivity contribution in [3.05, 3.63) is 92.5 Å². The summed E-state index contributed by atoms with van der Waals surface area (Å²) in [6, 6.07) is 7.71. The maximum Gasteiger partial charge on any atom is 0.0680 e. The molecule has 12 saturated carbocycles. The van der Waals surface area contributed by atoms with Gasteiger partial charge in [-0.05, 0) is 320 Å². The van der Waals surface area contributed by atoms with Crippen molar-refractivity contribution in [1.29, 1.82) is 0 Å². The predicted octanol–water partition coefficient (Wildman–Crippen LogP) is 31.0. The van der Waals surface area contributed by atoms with Crippen LogP contribution in [0.3, 0.4) is 0 Å². The first-order valence-electron chi connectivity index (χ1n) is 45.4. The smallest absolute Gasteiger partial charge is 0.0680 e. The van der Waals surface area contributed by atoms with Crippen molar-refractivity contribution in [3.63, 3.8) is 0 Å². The third-order valence-electron chi connectivity index (χ3n) is 28.4. The molecule has 0 amide bonds. The van der Waals surface area contributed by atoms with Gasteiger partial charge in [-0.15, -0.1) is 30.4 Å². The minimum absolute atomic E-state index is 0. The summed E-state index contributed by atoms with van der Waals surface area (Å²) in [4.78, 5) is 0. The number of thiophene rings is 2. The summed E-state index contributed by atoms with van der Waals surface area (Å²) in [5.41, 5.74) is 16.0. The van der Waals surface area contributed by atoms with Crippen LogP contribution >= 0.6 is 54.4 Å². The van der Waals surface area contributed by atoms with E-state index in [1.165, 1.54) is 86.3 Å². The van der Waals surface area contributed by atoms with Crippen molar-refractivity contribution in [3.8, 4) is 0 Å². The van der Waals surface area contributed by atoms with Gasteiger partial charge in [0.1, 0.15) is 0 Å². The topological polar surface area (TPSA) is 28.2 Å². The summed E-state index contributed by atoms with van der Waals surface area (Å²) >= 11 is 3.18. The molecule has 0 aromatic carbocycles. The minimum atomic E-state index is -0.0465. The second kappa shape index (κ2) is 55.8. The number of hydrogen-bond acceptors (Lipinski definition) is 2. The fraction of sp³-hybridized carbons (Fsp3) is 0.848. The van der Waals surface area contributed by atoms with Crippen LogP contribution in [0, 0.1) is 16.7 Å². The molecule has 2 aromatic heterocycles. The Morgan fingerprint density at radius 1 is 0.294 bits per heavy atom. The van der Waals surface area contributed by atoms with Crippen molar-refractivity contribution in [2.45, 2.75) is 466 Å². The maximum absolute atomic E-state index is 4.34. The Labute approximate surface area is 674 Å². The summed E-state index contributed by atoms with van der Waals surface area (Å²) < 4.78 is 0. The molecular formula is C92H158N2P4Pt2S2. The number of hydrogen-bond donors (Lipinski definition) is 0. The predicted molar refractivity (Wildman–Crippen MR) is 462 cm³/mol. The fourth-order valence-corrected chi connectivity index (χ4v) is 45.1. The van der Waals surface area contributed by atoms with E-state index in [1.807, 2.05) is 41.2 Å². The van der Waals surface area contributed by atoms with Gasteiger partial charge in [0.2, 0.25) is 0 Å². The van der Waals surface area contributed by atoms with E-state index in [-0.39, 0.29) is 73.8 Å². The SMILES string of the molecule is C1=CC(C=CC2CC[N-]CC2)=CC[N-]1.C1CCC([PH+](C2CCCCC2)C2CCCCC2)CC1.C1CCC([PH+](C2CCCCC2)C2CCCCC2)CC1.C1CCC([PH+](C2CCCCC2)C2CCCCC2)CC1.C1CCC([PH+](C2CCCCC2)C2CCCCC2)CC1.[Pt].[Pt].[c-]1cccs1.[c-]1cccs1. The molecule has 0 unspecified atom stereocenters. The molecule has 0 spiro atoms.